The van der Waals surface area contributed by atoms with E-state index in [1.165, 1.54) is 39.0 Å². The van der Waals surface area contributed by atoms with E-state index >= 15 is 0 Å². The highest BCUT2D eigenvalue weighted by molar-refractivity contribution is 5.89. The highest BCUT2D eigenvalue weighted by Crippen LogP contribution is 2.69. The van der Waals surface area contributed by atoms with Crippen LogP contribution >= 0.6 is 0 Å². The van der Waals surface area contributed by atoms with Gasteiger partial charge in [-0.1, -0.05) is 48.5 Å². The normalized spacial score (nSPS) is 34.3. The van der Waals surface area contributed by atoms with Gasteiger partial charge in [0, 0.05) is 33.3 Å². The van der Waals surface area contributed by atoms with Crippen LogP contribution in [0, 0.1) is 11.3 Å². The Labute approximate surface area is 284 Å². The Bertz CT molecular complexity index is 1630. The van der Waals surface area contributed by atoms with Gasteiger partial charge in [-0.15, -0.1) is 0 Å². The molecule has 12 nitrogen and oxygen atoms in total. The first-order valence-electron chi connectivity index (χ1n) is 16.1. The number of fused-ring (bicyclic) bond motifs is 1. The van der Waals surface area contributed by atoms with Crippen LogP contribution in [0.3, 0.4) is 0 Å². The fourth-order valence-electron chi connectivity index (χ4n) is 8.31. The zero-order chi connectivity index (χ0) is 35.9. The number of ether oxygens (including phenoxy) is 6. The van der Waals surface area contributed by atoms with Crippen molar-refractivity contribution in [1.82, 2.24) is 0 Å². The van der Waals surface area contributed by atoms with Crippen molar-refractivity contribution >= 4 is 35.9 Å². The Morgan fingerprint density at radius 2 is 1.31 bits per heavy atom. The minimum Gasteiger partial charge on any atom is -0.458 e. The summed E-state index contributed by atoms with van der Waals surface area (Å²) in [6, 6.07) is 17.1. The predicted molar refractivity (Wildman–Crippen MR) is 172 cm³/mol. The molecule has 1 aliphatic heterocycles. The minimum absolute atomic E-state index is 0.164. The first-order valence-corrected chi connectivity index (χ1v) is 16.1. The molecule has 2 aromatic rings. The largest absolute Gasteiger partial charge is 0.458 e. The summed E-state index contributed by atoms with van der Waals surface area (Å²) in [5, 5.41) is 12.6. The molecule has 0 amide bonds. The number of carbonyl (C=O) groups excluding carboxylic acids is 5. The molecule has 3 fully saturated rings. The van der Waals surface area contributed by atoms with Gasteiger partial charge < -0.3 is 33.5 Å². The van der Waals surface area contributed by atoms with Gasteiger partial charge in [-0.25, -0.2) is 9.59 Å². The van der Waals surface area contributed by atoms with Gasteiger partial charge in [0.1, 0.15) is 23.9 Å². The zero-order valence-electron chi connectivity index (χ0n) is 28.5. The third-order valence-electron chi connectivity index (χ3n) is 9.94. The molecule has 1 spiro atoms. The van der Waals surface area contributed by atoms with Gasteiger partial charge in [0.15, 0.2) is 12.2 Å². The molecule has 1 heterocycles. The summed E-state index contributed by atoms with van der Waals surface area (Å²) in [6.45, 7) is 9.82. The predicted octanol–water partition coefficient (Wildman–Crippen LogP) is 3.97. The van der Waals surface area contributed by atoms with E-state index in [2.05, 4.69) is 0 Å². The summed E-state index contributed by atoms with van der Waals surface area (Å²) in [4.78, 5) is 65.5. The Kier molecular flexibility index (Phi) is 9.52. The molecule has 9 atom stereocenters. The number of carbonyl (C=O) groups is 5. The molecule has 2 saturated carbocycles. The van der Waals surface area contributed by atoms with E-state index in [0.29, 0.717) is 0 Å². The number of rotatable bonds is 8. The molecule has 3 aliphatic rings. The lowest BCUT2D eigenvalue weighted by Gasteiger charge is -2.65. The Hall–Kier alpha value is -4.55. The standard InChI is InChI=1S/C37H42O12/c1-21(38)44-26-20-35(6,43)37-31(47-27(41)19-18-24-14-10-8-11-15-24)28(34(4,5)49-37)29(45-22(2)39)32(36(37,7)30(26)46-23(3)40)48-33(42)25-16-12-9-13-17-25/h8-19,26,28-32,43H,20H2,1-7H3/t26-,28-,29+,30+,31-,32+,35+,36+,37+/m1/s1. The van der Waals surface area contributed by atoms with Crippen LogP contribution < -0.4 is 0 Å². The van der Waals surface area contributed by atoms with Gasteiger partial charge in [-0.3, -0.25) is 14.4 Å². The van der Waals surface area contributed by atoms with Crippen molar-refractivity contribution in [1.29, 1.82) is 0 Å². The number of benzene rings is 2. The van der Waals surface area contributed by atoms with Gasteiger partial charge in [0.25, 0.3) is 0 Å². The molecule has 1 saturated heterocycles. The average Bonchev–Trinajstić information content (AvgIpc) is 3.23. The fourth-order valence-corrected chi connectivity index (χ4v) is 8.31. The van der Waals surface area contributed by atoms with Crippen molar-refractivity contribution in [2.75, 3.05) is 0 Å². The van der Waals surface area contributed by atoms with Gasteiger partial charge >= 0.3 is 29.8 Å². The van der Waals surface area contributed by atoms with Gasteiger partial charge in [-0.2, -0.15) is 0 Å². The molecule has 0 radical (unpaired) electrons. The first kappa shape index (κ1) is 35.7. The van der Waals surface area contributed by atoms with Crippen LogP contribution in [0.2, 0.25) is 0 Å². The van der Waals surface area contributed by atoms with Crippen LogP contribution in [0.1, 0.15) is 70.8 Å². The monoisotopic (exact) mass is 678 g/mol. The van der Waals surface area contributed by atoms with Crippen LogP contribution in [0.5, 0.6) is 0 Å². The van der Waals surface area contributed by atoms with E-state index in [0.717, 1.165) is 19.4 Å². The Morgan fingerprint density at radius 1 is 0.735 bits per heavy atom. The molecule has 12 heteroatoms. The number of aliphatic hydroxyl groups is 1. The smallest absolute Gasteiger partial charge is 0.338 e. The Morgan fingerprint density at radius 3 is 1.88 bits per heavy atom. The Balaban J connectivity index is 1.76. The van der Waals surface area contributed by atoms with Crippen LogP contribution in [0.25, 0.3) is 6.08 Å². The lowest BCUT2D eigenvalue weighted by atomic mass is 9.46. The van der Waals surface area contributed by atoms with E-state index in [1.54, 1.807) is 50.3 Å². The number of esters is 5. The van der Waals surface area contributed by atoms with E-state index < -0.39 is 88.5 Å². The molecule has 49 heavy (non-hydrogen) atoms. The SMILES string of the molecule is CC(=O)O[C@H]1[C@@H]2[C@@H](OC(=O)C=Cc3ccccc3)[C@@]3(OC2(C)C)[C@](C)([C@H]1OC(=O)c1ccccc1)[C@@H](OC(C)=O)[C@H](OC(C)=O)C[C@]3(C)O. The molecule has 5 rings (SSSR count). The van der Waals surface area contributed by atoms with Crippen LogP contribution in [-0.2, 0) is 47.6 Å². The maximum absolute atomic E-state index is 13.8. The van der Waals surface area contributed by atoms with Crippen molar-refractivity contribution in [2.45, 2.75) is 102 Å². The topological polar surface area (TPSA) is 161 Å². The summed E-state index contributed by atoms with van der Waals surface area (Å²) in [5.41, 5.74) is -6.33. The maximum atomic E-state index is 13.8. The molecule has 1 N–H and O–H groups in total. The highest BCUT2D eigenvalue weighted by atomic mass is 16.6. The third-order valence-corrected chi connectivity index (χ3v) is 9.94. The molecule has 2 aliphatic carbocycles. The molecule has 0 unspecified atom stereocenters. The van der Waals surface area contributed by atoms with Crippen molar-refractivity contribution in [3.8, 4) is 0 Å². The quantitative estimate of drug-likeness (QED) is 0.243. The van der Waals surface area contributed by atoms with E-state index in [-0.39, 0.29) is 12.0 Å². The molecule has 2 bridgehead atoms. The summed E-state index contributed by atoms with van der Waals surface area (Å²) >= 11 is 0. The number of hydrogen-bond acceptors (Lipinski definition) is 12. The lowest BCUT2D eigenvalue weighted by Crippen LogP contribution is -2.83. The summed E-state index contributed by atoms with van der Waals surface area (Å²) in [5.74, 6) is -4.90. The highest BCUT2D eigenvalue weighted by Gasteiger charge is 2.87. The molecule has 2 aromatic carbocycles. The van der Waals surface area contributed by atoms with Crippen molar-refractivity contribution in [3.05, 3.63) is 77.9 Å². The van der Waals surface area contributed by atoms with Crippen molar-refractivity contribution < 1.29 is 57.5 Å². The second kappa shape index (κ2) is 13.1. The average molecular weight is 679 g/mol. The number of hydrogen-bond donors (Lipinski definition) is 1. The van der Waals surface area contributed by atoms with Gasteiger partial charge in [0.05, 0.1) is 28.1 Å². The molecule has 0 aromatic heterocycles. The van der Waals surface area contributed by atoms with Crippen LogP contribution in [-0.4, -0.2) is 82.3 Å². The first-order chi connectivity index (χ1) is 22.9. The van der Waals surface area contributed by atoms with Crippen LogP contribution in [0.4, 0.5) is 0 Å². The molecular formula is C37H42O12. The summed E-state index contributed by atoms with van der Waals surface area (Å²) in [7, 11) is 0. The van der Waals surface area contributed by atoms with Crippen molar-refractivity contribution in [3.63, 3.8) is 0 Å². The second-order valence-corrected chi connectivity index (χ2v) is 13.8. The van der Waals surface area contributed by atoms with E-state index in [9.17, 15) is 29.1 Å². The van der Waals surface area contributed by atoms with Crippen molar-refractivity contribution in [2.24, 2.45) is 11.3 Å². The minimum atomic E-state index is -2.00. The van der Waals surface area contributed by atoms with E-state index in [4.69, 9.17) is 28.4 Å². The second-order valence-electron chi connectivity index (χ2n) is 13.8. The zero-order valence-corrected chi connectivity index (χ0v) is 28.5. The van der Waals surface area contributed by atoms with Gasteiger partial charge in [-0.05, 0) is 51.5 Å². The maximum Gasteiger partial charge on any atom is 0.338 e. The fraction of sp³-hybridized carbons (Fsp3) is 0.486. The summed E-state index contributed by atoms with van der Waals surface area (Å²) in [6.07, 6.45) is -4.54. The summed E-state index contributed by atoms with van der Waals surface area (Å²) < 4.78 is 36.9. The third kappa shape index (κ3) is 6.23. The van der Waals surface area contributed by atoms with Gasteiger partial charge in [0.2, 0.25) is 0 Å². The molecule has 262 valence electrons. The molecular weight excluding hydrogens is 636 g/mol. The lowest BCUT2D eigenvalue weighted by molar-refractivity contribution is -0.351. The van der Waals surface area contributed by atoms with Crippen LogP contribution in [0.15, 0.2) is 66.7 Å². The van der Waals surface area contributed by atoms with E-state index in [1.807, 2.05) is 18.2 Å².